The average molecular weight is 406 g/mol. The average Bonchev–Trinajstić information content (AvgIpc) is 2.95. The Morgan fingerprint density at radius 3 is 2.33 bits per heavy atom. The number of benzene rings is 2. The summed E-state index contributed by atoms with van der Waals surface area (Å²) in [7, 11) is -4.09. The maximum absolute atomic E-state index is 14.3. The van der Waals surface area contributed by atoms with Crippen molar-refractivity contribution in [2.45, 2.75) is 11.8 Å². The molecule has 3 aromatic rings. The topological polar surface area (TPSA) is 79.9 Å². The monoisotopic (exact) mass is 406 g/mol. The Balaban J connectivity index is 2.25. The van der Waals surface area contributed by atoms with Crippen LogP contribution in [0.4, 0.5) is 8.78 Å². The van der Waals surface area contributed by atoms with Gasteiger partial charge in [0.1, 0.15) is 16.5 Å². The highest BCUT2D eigenvalue weighted by molar-refractivity contribution is 7.90. The Morgan fingerprint density at radius 1 is 1.15 bits per heavy atom. The summed E-state index contributed by atoms with van der Waals surface area (Å²) < 4.78 is 52.8. The molecule has 9 heteroatoms. The van der Waals surface area contributed by atoms with Crippen molar-refractivity contribution in [3.05, 3.63) is 68.1 Å². The molecule has 5 nitrogen and oxygen atoms in total. The number of nitrogens with zero attached hydrogens (tertiary/aromatic N) is 2. The van der Waals surface area contributed by atoms with Gasteiger partial charge in [-0.2, -0.15) is 5.26 Å². The van der Waals surface area contributed by atoms with Crippen molar-refractivity contribution in [2.24, 2.45) is 0 Å². The lowest BCUT2D eigenvalue weighted by molar-refractivity contribution is 0.522. The van der Waals surface area contributed by atoms with Crippen molar-refractivity contribution >= 4 is 21.2 Å². The van der Waals surface area contributed by atoms with Gasteiger partial charge in [-0.05, 0) is 36.8 Å². The van der Waals surface area contributed by atoms with E-state index in [-0.39, 0.29) is 11.3 Å². The standard InChI is InChI=1S/C18H12F2N2O3S2/c1-10-3-4-13(5-12(10)8-21)22-16(9-26-18(22)23)11-6-14(19)17(15(20)7-11)27(2,24)25/h3-7,9H,1-2H3. The smallest absolute Gasteiger partial charge is 0.267 e. The lowest BCUT2D eigenvalue weighted by Gasteiger charge is -2.11. The van der Waals surface area contributed by atoms with Gasteiger partial charge in [0.05, 0.1) is 23.0 Å². The molecule has 0 aliphatic heterocycles. The molecule has 0 amide bonds. The molecule has 0 fully saturated rings. The van der Waals surface area contributed by atoms with Crippen LogP contribution in [-0.4, -0.2) is 19.2 Å². The van der Waals surface area contributed by atoms with Gasteiger partial charge in [-0.15, -0.1) is 0 Å². The van der Waals surface area contributed by atoms with Crippen LogP contribution in [0.2, 0.25) is 0 Å². The maximum Gasteiger partial charge on any atom is 0.312 e. The number of hydrogen-bond acceptors (Lipinski definition) is 5. The van der Waals surface area contributed by atoms with E-state index in [2.05, 4.69) is 0 Å². The first-order valence-electron chi connectivity index (χ1n) is 7.54. The van der Waals surface area contributed by atoms with E-state index in [0.29, 0.717) is 17.5 Å². The maximum atomic E-state index is 14.3. The highest BCUT2D eigenvalue weighted by Crippen LogP contribution is 2.29. The number of hydrogen-bond donors (Lipinski definition) is 0. The van der Waals surface area contributed by atoms with Crippen LogP contribution in [0.3, 0.4) is 0 Å². The number of nitriles is 1. The number of sulfone groups is 1. The zero-order valence-corrected chi connectivity index (χ0v) is 15.8. The van der Waals surface area contributed by atoms with Gasteiger partial charge in [0.15, 0.2) is 9.84 Å². The normalized spacial score (nSPS) is 11.4. The van der Waals surface area contributed by atoms with Crippen LogP contribution >= 0.6 is 11.3 Å². The summed E-state index contributed by atoms with van der Waals surface area (Å²) in [5.41, 5.74) is 1.65. The Hall–Kier alpha value is -2.83. The molecule has 3 rings (SSSR count). The highest BCUT2D eigenvalue weighted by Gasteiger charge is 2.22. The molecule has 1 aromatic heterocycles. The lowest BCUT2D eigenvalue weighted by Crippen LogP contribution is -2.13. The second kappa shape index (κ2) is 6.72. The van der Waals surface area contributed by atoms with Gasteiger partial charge in [-0.3, -0.25) is 9.36 Å². The predicted octanol–water partition coefficient (Wildman–Crippen LogP) is 3.43. The van der Waals surface area contributed by atoms with Gasteiger partial charge < -0.3 is 0 Å². The van der Waals surface area contributed by atoms with Crippen molar-refractivity contribution in [2.75, 3.05) is 6.26 Å². The van der Waals surface area contributed by atoms with E-state index in [9.17, 15) is 27.3 Å². The van der Waals surface area contributed by atoms with E-state index in [1.54, 1.807) is 19.1 Å². The summed E-state index contributed by atoms with van der Waals surface area (Å²) in [5, 5.41) is 10.6. The Bertz CT molecular complexity index is 1250. The van der Waals surface area contributed by atoms with E-state index in [4.69, 9.17) is 0 Å². The number of thiazole rings is 1. The van der Waals surface area contributed by atoms with Crippen LogP contribution in [0.5, 0.6) is 0 Å². The second-order valence-electron chi connectivity index (χ2n) is 5.87. The van der Waals surface area contributed by atoms with Crippen LogP contribution in [0.15, 0.2) is 45.4 Å². The summed E-state index contributed by atoms with van der Waals surface area (Å²) >= 11 is 0.821. The molecule has 0 saturated carbocycles. The third kappa shape index (κ3) is 3.41. The van der Waals surface area contributed by atoms with Crippen LogP contribution in [0, 0.1) is 29.9 Å². The molecule has 27 heavy (non-hydrogen) atoms. The van der Waals surface area contributed by atoms with E-state index in [0.717, 1.165) is 29.0 Å². The first kappa shape index (κ1) is 18.9. The summed E-state index contributed by atoms with van der Waals surface area (Å²) in [5.74, 6) is -2.47. The number of aromatic nitrogens is 1. The fraction of sp³-hybridized carbons (Fsp3) is 0.111. The Kier molecular flexibility index (Phi) is 4.71. The molecule has 1 heterocycles. The van der Waals surface area contributed by atoms with Crippen molar-refractivity contribution in [1.82, 2.24) is 4.57 Å². The molecule has 138 valence electrons. The summed E-state index contributed by atoms with van der Waals surface area (Å²) in [4.78, 5) is 10.9. The molecule has 2 aromatic carbocycles. The summed E-state index contributed by atoms with van der Waals surface area (Å²) in [6, 6.07) is 8.55. The molecule has 0 spiro atoms. The predicted molar refractivity (Wildman–Crippen MR) is 97.8 cm³/mol. The first-order chi connectivity index (χ1) is 12.6. The number of aryl methyl sites for hydroxylation is 1. The molecule has 0 bridgehead atoms. The minimum atomic E-state index is -4.09. The lowest BCUT2D eigenvalue weighted by atomic mass is 10.1. The molecule has 0 unspecified atom stereocenters. The van der Waals surface area contributed by atoms with Gasteiger partial charge >= 0.3 is 4.87 Å². The van der Waals surface area contributed by atoms with E-state index in [1.807, 2.05) is 6.07 Å². The van der Waals surface area contributed by atoms with Gasteiger partial charge in [-0.1, -0.05) is 17.4 Å². The zero-order chi connectivity index (χ0) is 19.9. The molecule has 0 atom stereocenters. The first-order valence-corrected chi connectivity index (χ1v) is 10.3. The molecule has 0 radical (unpaired) electrons. The Labute approximate surface area is 157 Å². The number of rotatable bonds is 3. The fourth-order valence-electron chi connectivity index (χ4n) is 2.68. The highest BCUT2D eigenvalue weighted by atomic mass is 32.2. The third-order valence-electron chi connectivity index (χ3n) is 3.96. The van der Waals surface area contributed by atoms with Crippen molar-refractivity contribution < 1.29 is 17.2 Å². The van der Waals surface area contributed by atoms with Crippen molar-refractivity contribution in [3.63, 3.8) is 0 Å². The van der Waals surface area contributed by atoms with Crippen molar-refractivity contribution in [1.29, 1.82) is 5.26 Å². The van der Waals surface area contributed by atoms with Crippen molar-refractivity contribution in [3.8, 4) is 23.0 Å². The van der Waals surface area contributed by atoms with E-state index < -0.39 is 31.2 Å². The molecular weight excluding hydrogens is 394 g/mol. The third-order valence-corrected chi connectivity index (χ3v) is 5.82. The van der Waals surface area contributed by atoms with Crippen LogP contribution in [0.25, 0.3) is 16.9 Å². The second-order valence-corrected chi connectivity index (χ2v) is 8.65. The molecular formula is C18H12F2N2O3S2. The van der Waals surface area contributed by atoms with Gasteiger partial charge in [0.2, 0.25) is 0 Å². The molecule has 0 aliphatic rings. The van der Waals surface area contributed by atoms with Gasteiger partial charge in [-0.25, -0.2) is 17.2 Å². The zero-order valence-electron chi connectivity index (χ0n) is 14.2. The minimum absolute atomic E-state index is 0.00910. The molecule has 0 N–H and O–H groups in total. The minimum Gasteiger partial charge on any atom is -0.267 e. The van der Waals surface area contributed by atoms with Gasteiger partial charge in [0, 0.05) is 17.2 Å². The van der Waals surface area contributed by atoms with Gasteiger partial charge in [0.25, 0.3) is 0 Å². The van der Waals surface area contributed by atoms with Crippen LogP contribution in [0.1, 0.15) is 11.1 Å². The SMILES string of the molecule is Cc1ccc(-n2c(-c3cc(F)c(S(C)(=O)=O)c(F)c3)csc2=O)cc1C#N. The van der Waals surface area contributed by atoms with E-state index >= 15 is 0 Å². The number of halogens is 2. The quantitative estimate of drug-likeness (QED) is 0.668. The van der Waals surface area contributed by atoms with E-state index in [1.165, 1.54) is 16.0 Å². The Morgan fingerprint density at radius 2 is 1.78 bits per heavy atom. The van der Waals surface area contributed by atoms with Crippen LogP contribution < -0.4 is 4.87 Å². The fourth-order valence-corrected chi connectivity index (χ4v) is 4.27. The largest absolute Gasteiger partial charge is 0.312 e. The van der Waals surface area contributed by atoms with Crippen LogP contribution in [-0.2, 0) is 9.84 Å². The summed E-state index contributed by atoms with van der Waals surface area (Å²) in [6.45, 7) is 1.74. The molecule has 0 aliphatic carbocycles. The molecule has 0 saturated heterocycles. The summed E-state index contributed by atoms with van der Waals surface area (Å²) in [6.07, 6.45) is 0.713.